The molecule has 1 atom stereocenters. The summed E-state index contributed by atoms with van der Waals surface area (Å²) < 4.78 is 51.4. The van der Waals surface area contributed by atoms with Crippen molar-refractivity contribution in [3.05, 3.63) is 29.1 Å². The Hall–Kier alpha value is -2.25. The number of carbonyl (C=O) groups is 2. The monoisotopic (exact) mass is 387 g/mol. The predicted octanol–water partition coefficient (Wildman–Crippen LogP) is 3.70. The summed E-state index contributed by atoms with van der Waals surface area (Å²) in [6.07, 6.45) is 2.51. The van der Waals surface area contributed by atoms with Crippen molar-refractivity contribution in [2.45, 2.75) is 45.6 Å². The molecule has 0 saturated carbocycles. The first-order valence-corrected chi connectivity index (χ1v) is 8.97. The molecule has 27 heavy (non-hydrogen) atoms. The Bertz CT molecular complexity index is 709. The first-order valence-electron chi connectivity index (χ1n) is 8.97. The zero-order valence-corrected chi connectivity index (χ0v) is 15.7. The molecule has 0 radical (unpaired) electrons. The number of benzene rings is 1. The molecule has 150 valence electrons. The molecule has 1 heterocycles. The first-order chi connectivity index (χ1) is 12.8. The van der Waals surface area contributed by atoms with E-state index in [1.54, 1.807) is 0 Å². The fraction of sp³-hybridized carbons (Fsp3) is 0.579. The third-order valence-corrected chi connectivity index (χ3v) is 4.51. The number of hydrogen-bond acceptors (Lipinski definition) is 4. The average Bonchev–Trinajstić information content (AvgIpc) is 3.11. The smallest absolute Gasteiger partial charge is 0.328 e. The average molecular weight is 387 g/mol. The van der Waals surface area contributed by atoms with Crippen LogP contribution >= 0.6 is 0 Å². The summed E-state index contributed by atoms with van der Waals surface area (Å²) in [6.45, 7) is 4.56. The van der Waals surface area contributed by atoms with E-state index in [2.05, 4.69) is 18.6 Å². The third-order valence-electron chi connectivity index (χ3n) is 4.51. The number of ether oxygens (including phenoxy) is 2. The molecule has 1 aromatic carbocycles. The Labute approximate surface area is 156 Å². The van der Waals surface area contributed by atoms with Crippen molar-refractivity contribution in [1.82, 2.24) is 4.90 Å². The number of halogens is 3. The Morgan fingerprint density at radius 2 is 1.96 bits per heavy atom. The summed E-state index contributed by atoms with van der Waals surface area (Å²) >= 11 is 0. The number of amides is 1. The van der Waals surface area contributed by atoms with Crippen molar-refractivity contribution in [3.8, 4) is 5.75 Å². The molecule has 1 aliphatic rings. The second-order valence-corrected chi connectivity index (χ2v) is 6.93. The molecule has 1 aromatic rings. The summed E-state index contributed by atoms with van der Waals surface area (Å²) in [7, 11) is 0.975. The highest BCUT2D eigenvalue weighted by molar-refractivity contribution is 5.97. The van der Waals surface area contributed by atoms with Crippen molar-refractivity contribution in [2.24, 2.45) is 5.92 Å². The van der Waals surface area contributed by atoms with E-state index >= 15 is 0 Å². The summed E-state index contributed by atoms with van der Waals surface area (Å²) in [5, 5.41) is 0. The molecule has 1 fully saturated rings. The third kappa shape index (κ3) is 4.73. The molecule has 1 aliphatic heterocycles. The standard InChI is InChI=1S/C19H24F3NO4/c1-11(2)6-5-9-27-19(25)14-7-4-8-23(14)18(24)12-10-13(20)16(22)17(26-3)15(12)21/h10-11,14H,4-9H2,1-3H3. The van der Waals surface area contributed by atoms with Crippen LogP contribution in [0.5, 0.6) is 5.75 Å². The van der Waals surface area contributed by atoms with E-state index in [1.807, 2.05) is 0 Å². The van der Waals surface area contributed by atoms with E-state index < -0.39 is 46.7 Å². The fourth-order valence-electron chi connectivity index (χ4n) is 3.09. The van der Waals surface area contributed by atoms with Crippen molar-refractivity contribution in [2.75, 3.05) is 20.3 Å². The summed E-state index contributed by atoms with van der Waals surface area (Å²) in [4.78, 5) is 26.1. The topological polar surface area (TPSA) is 55.8 Å². The van der Waals surface area contributed by atoms with Gasteiger partial charge in [-0.1, -0.05) is 13.8 Å². The lowest BCUT2D eigenvalue weighted by Gasteiger charge is -2.24. The molecule has 5 nitrogen and oxygen atoms in total. The highest BCUT2D eigenvalue weighted by Gasteiger charge is 2.37. The van der Waals surface area contributed by atoms with Crippen molar-refractivity contribution < 1.29 is 32.2 Å². The van der Waals surface area contributed by atoms with Crippen molar-refractivity contribution >= 4 is 11.9 Å². The summed E-state index contributed by atoms with van der Waals surface area (Å²) in [5.74, 6) is -6.15. The van der Waals surface area contributed by atoms with Crippen LogP contribution in [0.3, 0.4) is 0 Å². The Morgan fingerprint density at radius 1 is 1.26 bits per heavy atom. The molecule has 0 bridgehead atoms. The second-order valence-electron chi connectivity index (χ2n) is 6.93. The lowest BCUT2D eigenvalue weighted by atomic mass is 10.1. The molecular weight excluding hydrogens is 363 g/mol. The number of carbonyl (C=O) groups excluding carboxylic acids is 2. The zero-order valence-electron chi connectivity index (χ0n) is 15.7. The molecular formula is C19H24F3NO4. The van der Waals surface area contributed by atoms with Gasteiger partial charge in [-0.2, -0.15) is 4.39 Å². The van der Waals surface area contributed by atoms with Crippen LogP contribution in [0.2, 0.25) is 0 Å². The van der Waals surface area contributed by atoms with Crippen LogP contribution in [0, 0.1) is 23.4 Å². The number of esters is 1. The van der Waals surface area contributed by atoms with Crippen LogP contribution in [0.4, 0.5) is 13.2 Å². The van der Waals surface area contributed by atoms with E-state index in [9.17, 15) is 22.8 Å². The van der Waals surface area contributed by atoms with E-state index in [4.69, 9.17) is 4.74 Å². The molecule has 0 aromatic heterocycles. The van der Waals surface area contributed by atoms with Gasteiger partial charge >= 0.3 is 5.97 Å². The van der Waals surface area contributed by atoms with Crippen LogP contribution in [0.15, 0.2) is 6.07 Å². The number of methoxy groups -OCH3 is 1. The Morgan fingerprint density at radius 3 is 2.59 bits per heavy atom. The van der Waals surface area contributed by atoms with E-state index in [0.717, 1.165) is 18.4 Å². The zero-order chi connectivity index (χ0) is 20.1. The molecule has 8 heteroatoms. The van der Waals surface area contributed by atoms with Gasteiger partial charge in [-0.25, -0.2) is 13.6 Å². The summed E-state index contributed by atoms with van der Waals surface area (Å²) in [5.41, 5.74) is -0.676. The summed E-state index contributed by atoms with van der Waals surface area (Å²) in [6, 6.07) is -0.381. The quantitative estimate of drug-likeness (QED) is 0.407. The molecule has 1 amide bonds. The Balaban J connectivity index is 2.14. The van der Waals surface area contributed by atoms with Gasteiger partial charge in [-0.05, 0) is 37.7 Å². The lowest BCUT2D eigenvalue weighted by molar-refractivity contribution is -0.148. The predicted molar refractivity (Wildman–Crippen MR) is 92.0 cm³/mol. The van der Waals surface area contributed by atoms with Crippen LogP contribution in [-0.4, -0.2) is 43.1 Å². The van der Waals surface area contributed by atoms with Gasteiger partial charge in [-0.15, -0.1) is 0 Å². The van der Waals surface area contributed by atoms with Gasteiger partial charge in [0.05, 0.1) is 19.3 Å². The molecule has 1 saturated heterocycles. The number of likely N-dealkylation sites (tertiary alicyclic amines) is 1. The molecule has 1 unspecified atom stereocenters. The minimum Gasteiger partial charge on any atom is -0.491 e. The maximum atomic E-state index is 14.4. The van der Waals surface area contributed by atoms with Gasteiger partial charge in [-0.3, -0.25) is 4.79 Å². The van der Waals surface area contributed by atoms with Gasteiger partial charge < -0.3 is 14.4 Å². The minimum atomic E-state index is -1.51. The normalized spacial score (nSPS) is 16.7. The first kappa shape index (κ1) is 21.1. The Kier molecular flexibility index (Phi) is 7.10. The van der Waals surface area contributed by atoms with Gasteiger partial charge in [0.15, 0.2) is 17.4 Å². The van der Waals surface area contributed by atoms with Gasteiger partial charge in [0.2, 0.25) is 5.82 Å². The van der Waals surface area contributed by atoms with E-state index in [1.165, 1.54) is 0 Å². The minimum absolute atomic E-state index is 0.200. The van der Waals surface area contributed by atoms with Crippen molar-refractivity contribution in [3.63, 3.8) is 0 Å². The largest absolute Gasteiger partial charge is 0.491 e. The highest BCUT2D eigenvalue weighted by atomic mass is 19.2. The fourth-order valence-corrected chi connectivity index (χ4v) is 3.09. The van der Waals surface area contributed by atoms with Crippen LogP contribution in [-0.2, 0) is 9.53 Å². The van der Waals surface area contributed by atoms with Crippen LogP contribution in [0.25, 0.3) is 0 Å². The van der Waals surface area contributed by atoms with E-state index in [0.29, 0.717) is 31.2 Å². The SMILES string of the molecule is COc1c(F)c(F)cc(C(=O)N2CCCC2C(=O)OCCCC(C)C)c1F. The van der Waals surface area contributed by atoms with Crippen LogP contribution < -0.4 is 4.74 Å². The molecule has 0 spiro atoms. The lowest BCUT2D eigenvalue weighted by Crippen LogP contribution is -2.42. The molecule has 2 rings (SSSR count). The van der Waals surface area contributed by atoms with E-state index in [-0.39, 0.29) is 13.2 Å². The van der Waals surface area contributed by atoms with Crippen molar-refractivity contribution in [1.29, 1.82) is 0 Å². The maximum absolute atomic E-state index is 14.4. The van der Waals surface area contributed by atoms with Gasteiger partial charge in [0, 0.05) is 6.54 Å². The van der Waals surface area contributed by atoms with Gasteiger partial charge in [0.1, 0.15) is 6.04 Å². The number of hydrogen-bond donors (Lipinski definition) is 0. The van der Waals surface area contributed by atoms with Gasteiger partial charge in [0.25, 0.3) is 5.91 Å². The molecule has 0 aliphatic carbocycles. The number of nitrogens with zero attached hydrogens (tertiary/aromatic N) is 1. The van der Waals surface area contributed by atoms with Crippen LogP contribution in [0.1, 0.15) is 49.9 Å². The second kappa shape index (κ2) is 9.10. The maximum Gasteiger partial charge on any atom is 0.328 e. The highest BCUT2D eigenvalue weighted by Crippen LogP contribution is 2.30. The molecule has 0 N–H and O–H groups in total. The number of rotatable bonds is 7.